The van der Waals surface area contributed by atoms with Gasteiger partial charge in [0, 0.05) is 24.8 Å². The topological polar surface area (TPSA) is 46.3 Å². The van der Waals surface area contributed by atoms with Crippen LogP contribution in [0.2, 0.25) is 0 Å². The molecule has 16 heavy (non-hydrogen) atoms. The second-order valence-corrected chi connectivity index (χ2v) is 5.25. The summed E-state index contributed by atoms with van der Waals surface area (Å²) in [6, 6.07) is 0.449. The minimum atomic E-state index is 0. The fourth-order valence-electron chi connectivity index (χ4n) is 2.24. The van der Waals surface area contributed by atoms with Crippen LogP contribution in [0.1, 0.15) is 32.1 Å². The summed E-state index contributed by atoms with van der Waals surface area (Å²) in [7, 11) is 1.94. The van der Waals surface area contributed by atoms with Gasteiger partial charge in [-0.1, -0.05) is 6.42 Å². The Hall–Kier alpha value is 0.0700. The molecule has 0 aromatic carbocycles. The fourth-order valence-corrected chi connectivity index (χ4v) is 3.27. The molecule has 0 spiro atoms. The highest BCUT2D eigenvalue weighted by Crippen LogP contribution is 2.31. The highest BCUT2D eigenvalue weighted by molar-refractivity contribution is 7.99. The Morgan fingerprint density at radius 1 is 1.50 bits per heavy atom. The van der Waals surface area contributed by atoms with Gasteiger partial charge in [0.05, 0.1) is 0 Å². The number of hydrogen-bond acceptors (Lipinski definition) is 3. The van der Waals surface area contributed by atoms with Crippen LogP contribution < -0.4 is 5.73 Å². The third kappa shape index (κ3) is 4.15. The van der Waals surface area contributed by atoms with Crippen molar-refractivity contribution in [3.8, 4) is 0 Å². The van der Waals surface area contributed by atoms with Crippen LogP contribution in [0.4, 0.5) is 0 Å². The highest BCUT2D eigenvalue weighted by atomic mass is 35.5. The van der Waals surface area contributed by atoms with Gasteiger partial charge in [0.15, 0.2) is 0 Å². The maximum Gasteiger partial charge on any atom is 0.222 e. The van der Waals surface area contributed by atoms with Gasteiger partial charge in [-0.2, -0.15) is 11.8 Å². The molecular weight excluding hydrogens is 244 g/mol. The van der Waals surface area contributed by atoms with Crippen LogP contribution in [0.5, 0.6) is 0 Å². The summed E-state index contributed by atoms with van der Waals surface area (Å²) >= 11 is 1.89. The molecule has 0 aliphatic heterocycles. The number of halogens is 1. The predicted molar refractivity (Wildman–Crippen MR) is 73.2 cm³/mol. The summed E-state index contributed by atoms with van der Waals surface area (Å²) in [6.07, 6.45) is 7.22. The van der Waals surface area contributed by atoms with Crippen LogP contribution in [0, 0.1) is 0 Å². The Bertz CT molecular complexity index is 216. The van der Waals surface area contributed by atoms with Crippen molar-refractivity contribution < 1.29 is 4.79 Å². The van der Waals surface area contributed by atoms with Crippen molar-refractivity contribution in [2.75, 3.05) is 19.8 Å². The van der Waals surface area contributed by atoms with Crippen molar-refractivity contribution in [2.24, 2.45) is 5.73 Å². The number of amides is 1. The second-order valence-electron chi connectivity index (χ2n) is 4.17. The van der Waals surface area contributed by atoms with E-state index in [2.05, 4.69) is 6.26 Å². The van der Waals surface area contributed by atoms with Gasteiger partial charge in [-0.25, -0.2) is 0 Å². The third-order valence-corrected chi connectivity index (χ3v) is 4.36. The molecule has 0 radical (unpaired) electrons. The SMILES string of the molecule is CSC1CCCC1N(C)C(=O)CCCN.Cl. The Labute approximate surface area is 109 Å². The Balaban J connectivity index is 0.00000225. The van der Waals surface area contributed by atoms with Gasteiger partial charge in [-0.3, -0.25) is 4.79 Å². The first kappa shape index (κ1) is 16.1. The van der Waals surface area contributed by atoms with Gasteiger partial charge in [-0.05, 0) is 32.1 Å². The van der Waals surface area contributed by atoms with Crippen LogP contribution in [-0.2, 0) is 4.79 Å². The summed E-state index contributed by atoms with van der Waals surface area (Å²) < 4.78 is 0. The Kier molecular flexibility index (Phi) is 8.24. The molecule has 5 heteroatoms. The zero-order chi connectivity index (χ0) is 11.3. The summed E-state index contributed by atoms with van der Waals surface area (Å²) in [5.41, 5.74) is 5.41. The molecule has 0 aromatic heterocycles. The molecule has 1 aliphatic carbocycles. The zero-order valence-corrected chi connectivity index (χ0v) is 11.8. The summed E-state index contributed by atoms with van der Waals surface area (Å²) in [5, 5.41) is 0.636. The molecule has 0 aromatic rings. The number of nitrogens with two attached hydrogens (primary N) is 1. The molecule has 1 amide bonds. The first-order valence-corrected chi connectivity index (χ1v) is 6.98. The van der Waals surface area contributed by atoms with Gasteiger partial charge in [0.25, 0.3) is 0 Å². The number of thioether (sulfide) groups is 1. The lowest BCUT2D eigenvalue weighted by molar-refractivity contribution is -0.131. The van der Waals surface area contributed by atoms with Gasteiger partial charge in [0.1, 0.15) is 0 Å². The quantitative estimate of drug-likeness (QED) is 0.827. The monoisotopic (exact) mass is 266 g/mol. The van der Waals surface area contributed by atoms with Gasteiger partial charge in [-0.15, -0.1) is 12.4 Å². The third-order valence-electron chi connectivity index (χ3n) is 3.21. The van der Waals surface area contributed by atoms with E-state index < -0.39 is 0 Å². The molecule has 1 aliphatic rings. The van der Waals surface area contributed by atoms with Crippen molar-refractivity contribution in [2.45, 2.75) is 43.4 Å². The van der Waals surface area contributed by atoms with Crippen molar-refractivity contribution in [3.63, 3.8) is 0 Å². The molecule has 0 bridgehead atoms. The van der Waals surface area contributed by atoms with E-state index in [-0.39, 0.29) is 18.3 Å². The summed E-state index contributed by atoms with van der Waals surface area (Å²) in [6.45, 7) is 0.607. The van der Waals surface area contributed by atoms with Crippen molar-refractivity contribution in [1.82, 2.24) is 4.90 Å². The van der Waals surface area contributed by atoms with Gasteiger partial charge >= 0.3 is 0 Å². The molecule has 0 heterocycles. The molecule has 2 N–H and O–H groups in total. The average Bonchev–Trinajstić information content (AvgIpc) is 2.72. The van der Waals surface area contributed by atoms with Crippen LogP contribution in [0.3, 0.4) is 0 Å². The first-order valence-electron chi connectivity index (χ1n) is 5.69. The first-order chi connectivity index (χ1) is 7.20. The molecule has 1 fully saturated rings. The largest absolute Gasteiger partial charge is 0.342 e. The number of carbonyl (C=O) groups is 1. The van der Waals surface area contributed by atoms with Crippen molar-refractivity contribution in [1.29, 1.82) is 0 Å². The predicted octanol–water partition coefficient (Wildman–Crippen LogP) is 1.89. The number of rotatable bonds is 5. The van der Waals surface area contributed by atoms with Crippen LogP contribution in [-0.4, -0.2) is 41.9 Å². The zero-order valence-electron chi connectivity index (χ0n) is 10.1. The van der Waals surface area contributed by atoms with Crippen molar-refractivity contribution in [3.05, 3.63) is 0 Å². The van der Waals surface area contributed by atoms with Crippen molar-refractivity contribution >= 4 is 30.1 Å². The minimum Gasteiger partial charge on any atom is -0.342 e. The number of carbonyl (C=O) groups excluding carboxylic acids is 1. The fraction of sp³-hybridized carbons (Fsp3) is 0.909. The van der Waals surface area contributed by atoms with E-state index in [0.29, 0.717) is 24.3 Å². The van der Waals surface area contributed by atoms with E-state index in [1.165, 1.54) is 12.8 Å². The Morgan fingerprint density at radius 3 is 2.75 bits per heavy atom. The van der Waals surface area contributed by atoms with Gasteiger partial charge < -0.3 is 10.6 Å². The lowest BCUT2D eigenvalue weighted by Crippen LogP contribution is -2.40. The lowest BCUT2D eigenvalue weighted by Gasteiger charge is -2.29. The highest BCUT2D eigenvalue weighted by Gasteiger charge is 2.31. The molecular formula is C11H23ClN2OS. The molecule has 3 nitrogen and oxygen atoms in total. The minimum absolute atomic E-state index is 0. The van der Waals surface area contributed by atoms with E-state index in [1.54, 1.807) is 0 Å². The standard InChI is InChI=1S/C11H22N2OS.ClH/c1-13(11(14)7-4-8-12)9-5-3-6-10(9)15-2;/h9-10H,3-8,12H2,1-2H3;1H. The summed E-state index contributed by atoms with van der Waals surface area (Å²) in [5.74, 6) is 0.256. The van der Waals surface area contributed by atoms with E-state index >= 15 is 0 Å². The number of nitrogens with zero attached hydrogens (tertiary/aromatic N) is 1. The maximum absolute atomic E-state index is 11.8. The average molecular weight is 267 g/mol. The van der Waals surface area contributed by atoms with Gasteiger partial charge in [0.2, 0.25) is 5.91 Å². The molecule has 0 saturated heterocycles. The number of hydrogen-bond donors (Lipinski definition) is 1. The summed E-state index contributed by atoms with van der Waals surface area (Å²) in [4.78, 5) is 13.8. The lowest BCUT2D eigenvalue weighted by atomic mass is 10.2. The molecule has 1 rings (SSSR count). The maximum atomic E-state index is 11.8. The van der Waals surface area contributed by atoms with E-state index in [0.717, 1.165) is 12.8 Å². The second kappa shape index (κ2) is 8.20. The smallest absolute Gasteiger partial charge is 0.222 e. The van der Waals surface area contributed by atoms with Crippen LogP contribution >= 0.6 is 24.2 Å². The van der Waals surface area contributed by atoms with E-state index in [1.807, 2.05) is 23.7 Å². The van der Waals surface area contributed by atoms with E-state index in [9.17, 15) is 4.79 Å². The molecule has 2 unspecified atom stereocenters. The van der Waals surface area contributed by atoms with Crippen LogP contribution in [0.15, 0.2) is 0 Å². The Morgan fingerprint density at radius 2 is 2.19 bits per heavy atom. The molecule has 1 saturated carbocycles. The molecule has 2 atom stereocenters. The normalized spacial score (nSPS) is 23.9. The molecule has 96 valence electrons. The van der Waals surface area contributed by atoms with Crippen LogP contribution in [0.25, 0.3) is 0 Å². The van der Waals surface area contributed by atoms with E-state index in [4.69, 9.17) is 5.73 Å².